The van der Waals surface area contributed by atoms with Gasteiger partial charge in [-0.3, -0.25) is 0 Å². The molecule has 1 fully saturated rings. The molecule has 7 nitrogen and oxygen atoms in total. The van der Waals surface area contributed by atoms with Crippen LogP contribution in [0.2, 0.25) is 0 Å². The van der Waals surface area contributed by atoms with Gasteiger partial charge in [0, 0.05) is 24.3 Å². The summed E-state index contributed by atoms with van der Waals surface area (Å²) in [6.45, 7) is 6.83. The van der Waals surface area contributed by atoms with Crippen LogP contribution in [0.15, 0.2) is 41.4 Å². The second kappa shape index (κ2) is 10.8. The van der Waals surface area contributed by atoms with Crippen LogP contribution in [0, 0.1) is 11.6 Å². The quantitative estimate of drug-likeness (QED) is 0.430. The second-order valence-electron chi connectivity index (χ2n) is 10.8. The van der Waals surface area contributed by atoms with Crippen LogP contribution in [0.1, 0.15) is 49.6 Å². The summed E-state index contributed by atoms with van der Waals surface area (Å²) in [5.41, 5.74) is 2.39. The number of sulfone groups is 1. The van der Waals surface area contributed by atoms with Crippen LogP contribution >= 0.6 is 0 Å². The van der Waals surface area contributed by atoms with Crippen LogP contribution in [-0.4, -0.2) is 68.9 Å². The van der Waals surface area contributed by atoms with Crippen molar-refractivity contribution in [2.75, 3.05) is 44.4 Å². The topological polar surface area (TPSA) is 75.6 Å². The van der Waals surface area contributed by atoms with Crippen molar-refractivity contribution < 1.29 is 21.9 Å². The Hall–Kier alpha value is -3.11. The van der Waals surface area contributed by atoms with Gasteiger partial charge in [-0.15, -0.1) is 0 Å². The number of hydrogen-bond donors (Lipinski definition) is 0. The average molecular weight is 557 g/mol. The highest BCUT2D eigenvalue weighted by atomic mass is 32.2. The standard InChI is InChI=1S/C29H34F2N4O3S/c1-18(2)35-11-12-38-29-23(30)15-21(16-25(29)35)28-24(31)17-32-27(33-28)14-19-5-6-22(26(13-19)39(4,36)37)20-7-9-34(3)10-8-20/h5-6,13,15-18,20H,7-12,14H2,1-4H3. The molecule has 10 heteroatoms. The Morgan fingerprint density at radius 3 is 2.51 bits per heavy atom. The van der Waals surface area contributed by atoms with E-state index in [-0.39, 0.29) is 35.4 Å². The highest BCUT2D eigenvalue weighted by Crippen LogP contribution is 2.39. The number of likely N-dealkylation sites (tertiary alicyclic amines) is 1. The number of anilines is 1. The molecule has 0 spiro atoms. The van der Waals surface area contributed by atoms with Gasteiger partial charge < -0.3 is 14.5 Å². The number of halogens is 2. The molecule has 2 aromatic carbocycles. The predicted octanol–water partition coefficient (Wildman–Crippen LogP) is 4.83. The number of benzene rings is 2. The van der Waals surface area contributed by atoms with Crippen molar-refractivity contribution in [3.05, 3.63) is 65.1 Å². The molecule has 2 aliphatic rings. The first-order chi connectivity index (χ1) is 18.5. The molecule has 3 aromatic rings. The first-order valence-corrected chi connectivity index (χ1v) is 15.2. The fourth-order valence-corrected chi connectivity index (χ4v) is 6.54. The summed E-state index contributed by atoms with van der Waals surface area (Å²) in [5, 5.41) is 0. The third-order valence-electron chi connectivity index (χ3n) is 7.60. The minimum atomic E-state index is -3.47. The van der Waals surface area contributed by atoms with E-state index in [2.05, 4.69) is 21.9 Å². The third-order valence-corrected chi connectivity index (χ3v) is 8.75. The van der Waals surface area contributed by atoms with Crippen molar-refractivity contribution in [2.24, 2.45) is 0 Å². The van der Waals surface area contributed by atoms with Crippen LogP contribution < -0.4 is 9.64 Å². The maximum absolute atomic E-state index is 15.0. The van der Waals surface area contributed by atoms with E-state index in [0.717, 1.165) is 37.7 Å². The molecule has 0 bridgehead atoms. The molecular weight excluding hydrogens is 522 g/mol. The summed E-state index contributed by atoms with van der Waals surface area (Å²) < 4.78 is 61.0. The molecule has 1 aromatic heterocycles. The van der Waals surface area contributed by atoms with Gasteiger partial charge in [0.25, 0.3) is 0 Å². The molecule has 0 atom stereocenters. The molecule has 1 saturated heterocycles. The fourth-order valence-electron chi connectivity index (χ4n) is 5.52. The summed E-state index contributed by atoms with van der Waals surface area (Å²) >= 11 is 0. The normalized spacial score (nSPS) is 16.8. The first-order valence-electron chi connectivity index (χ1n) is 13.3. The number of ether oxygens (including phenoxy) is 1. The molecule has 0 saturated carbocycles. The van der Waals surface area contributed by atoms with Gasteiger partial charge in [-0.1, -0.05) is 12.1 Å². The lowest BCUT2D eigenvalue weighted by atomic mass is 9.89. The Kier molecular flexibility index (Phi) is 7.61. The fraction of sp³-hybridized carbons (Fsp3) is 0.448. The Morgan fingerprint density at radius 1 is 1.08 bits per heavy atom. The second-order valence-corrected chi connectivity index (χ2v) is 12.8. The van der Waals surface area contributed by atoms with Crippen LogP contribution in [0.3, 0.4) is 0 Å². The van der Waals surface area contributed by atoms with Gasteiger partial charge in [0.1, 0.15) is 18.1 Å². The Labute approximate surface area is 228 Å². The van der Waals surface area contributed by atoms with Crippen molar-refractivity contribution >= 4 is 15.5 Å². The van der Waals surface area contributed by atoms with Crippen molar-refractivity contribution in [3.8, 4) is 17.0 Å². The maximum Gasteiger partial charge on any atom is 0.178 e. The minimum absolute atomic E-state index is 0.0118. The maximum atomic E-state index is 15.0. The van der Waals surface area contributed by atoms with Crippen LogP contribution in [0.4, 0.5) is 14.5 Å². The number of piperidine rings is 1. The average Bonchev–Trinajstić information content (AvgIpc) is 2.89. The van der Waals surface area contributed by atoms with Gasteiger partial charge in [-0.25, -0.2) is 27.2 Å². The van der Waals surface area contributed by atoms with Crippen molar-refractivity contribution in [1.82, 2.24) is 14.9 Å². The Balaban J connectivity index is 1.48. The number of hydrogen-bond acceptors (Lipinski definition) is 7. The van der Waals surface area contributed by atoms with Gasteiger partial charge in [-0.2, -0.15) is 0 Å². The molecule has 0 aliphatic carbocycles. The zero-order chi connectivity index (χ0) is 27.9. The number of fused-ring (bicyclic) bond motifs is 1. The molecule has 0 unspecified atom stereocenters. The monoisotopic (exact) mass is 556 g/mol. The predicted molar refractivity (Wildman–Crippen MR) is 147 cm³/mol. The molecule has 39 heavy (non-hydrogen) atoms. The lowest BCUT2D eigenvalue weighted by molar-refractivity contribution is 0.254. The van der Waals surface area contributed by atoms with Crippen molar-refractivity contribution in [3.63, 3.8) is 0 Å². The summed E-state index contributed by atoms with van der Waals surface area (Å²) in [7, 11) is -1.40. The number of nitrogens with zero attached hydrogens (tertiary/aromatic N) is 4. The zero-order valence-electron chi connectivity index (χ0n) is 22.7. The Bertz CT molecular complexity index is 1490. The van der Waals surface area contributed by atoms with E-state index in [1.165, 1.54) is 12.3 Å². The van der Waals surface area contributed by atoms with E-state index < -0.39 is 21.5 Å². The lowest BCUT2D eigenvalue weighted by Crippen LogP contribution is -2.38. The highest BCUT2D eigenvalue weighted by molar-refractivity contribution is 7.90. The summed E-state index contributed by atoms with van der Waals surface area (Å²) in [6, 6.07) is 8.51. The summed E-state index contributed by atoms with van der Waals surface area (Å²) in [6.07, 6.45) is 4.32. The minimum Gasteiger partial charge on any atom is -0.486 e. The van der Waals surface area contributed by atoms with Gasteiger partial charge >= 0.3 is 0 Å². The Morgan fingerprint density at radius 2 is 1.82 bits per heavy atom. The van der Waals surface area contributed by atoms with E-state index in [4.69, 9.17) is 4.74 Å². The largest absolute Gasteiger partial charge is 0.486 e. The van der Waals surface area contributed by atoms with E-state index in [9.17, 15) is 12.8 Å². The smallest absolute Gasteiger partial charge is 0.178 e. The number of aromatic nitrogens is 2. The molecule has 5 rings (SSSR count). The van der Waals surface area contributed by atoms with Crippen molar-refractivity contribution in [2.45, 2.75) is 50.0 Å². The third kappa shape index (κ3) is 5.77. The van der Waals surface area contributed by atoms with Gasteiger partial charge in [0.05, 0.1) is 23.3 Å². The summed E-state index contributed by atoms with van der Waals surface area (Å²) in [4.78, 5) is 13.2. The lowest BCUT2D eigenvalue weighted by Gasteiger charge is -2.34. The van der Waals surface area contributed by atoms with E-state index in [0.29, 0.717) is 35.1 Å². The highest BCUT2D eigenvalue weighted by Gasteiger charge is 2.27. The van der Waals surface area contributed by atoms with Crippen LogP contribution in [-0.2, 0) is 16.3 Å². The molecule has 2 aliphatic heterocycles. The molecular formula is C29H34F2N4O3S. The van der Waals surface area contributed by atoms with Crippen molar-refractivity contribution in [1.29, 1.82) is 0 Å². The molecule has 0 N–H and O–H groups in total. The molecule has 0 radical (unpaired) electrons. The van der Waals surface area contributed by atoms with Crippen LogP contribution in [0.25, 0.3) is 11.3 Å². The SMILES string of the molecule is CC(C)N1CCOc2c(F)cc(-c3nc(Cc4ccc(C5CCN(C)CC5)c(S(C)(=O)=O)c4)ncc3F)cc21. The molecule has 208 valence electrons. The van der Waals surface area contributed by atoms with E-state index in [1.807, 2.05) is 30.9 Å². The summed E-state index contributed by atoms with van der Waals surface area (Å²) in [5.74, 6) is -0.587. The van der Waals surface area contributed by atoms with E-state index >= 15 is 4.39 Å². The van der Waals surface area contributed by atoms with Gasteiger partial charge in [0.15, 0.2) is 27.2 Å². The van der Waals surface area contributed by atoms with Crippen LogP contribution in [0.5, 0.6) is 5.75 Å². The molecule has 3 heterocycles. The first kappa shape index (κ1) is 27.5. The number of rotatable bonds is 6. The molecule has 0 amide bonds. The zero-order valence-corrected chi connectivity index (χ0v) is 23.6. The van der Waals surface area contributed by atoms with Gasteiger partial charge in [0.2, 0.25) is 0 Å². The van der Waals surface area contributed by atoms with Gasteiger partial charge in [-0.05, 0) is 82.1 Å². The van der Waals surface area contributed by atoms with E-state index in [1.54, 1.807) is 12.1 Å².